The highest BCUT2D eigenvalue weighted by atomic mass is 16.4. The number of unbranched alkanes of at least 4 members (excludes halogenated alkanes) is 4. The first kappa shape index (κ1) is 14.7. The zero-order chi connectivity index (χ0) is 12.4. The lowest BCUT2D eigenvalue weighted by Crippen LogP contribution is -2.22. The standard InChI is InChI=1S/C12H20O4/c1-2-3-4-5-6-7-8-9-10(11(13)14)12(15)16/h7-8,10H,2-6,9H2,1H3,(H,13,14)(H,15,16)/b8-7+. The fraction of sp³-hybridized carbons (Fsp3) is 0.667. The first-order valence-electron chi connectivity index (χ1n) is 5.70. The molecule has 0 atom stereocenters. The van der Waals surface area contributed by atoms with E-state index in [-0.39, 0.29) is 6.42 Å². The Bertz CT molecular complexity index is 231. The topological polar surface area (TPSA) is 74.6 Å². The summed E-state index contributed by atoms with van der Waals surface area (Å²) in [7, 11) is 0. The molecule has 0 spiro atoms. The second-order valence-corrected chi connectivity index (χ2v) is 3.79. The van der Waals surface area contributed by atoms with Gasteiger partial charge in [-0.25, -0.2) is 0 Å². The Hall–Kier alpha value is -1.32. The minimum Gasteiger partial charge on any atom is -0.481 e. The number of carboxylic acids is 2. The molecular weight excluding hydrogens is 208 g/mol. The van der Waals surface area contributed by atoms with E-state index in [4.69, 9.17) is 10.2 Å². The SMILES string of the molecule is CCCCCC/C=C/CC(C(=O)O)C(=O)O. The Morgan fingerprint density at radius 1 is 1.06 bits per heavy atom. The maximum atomic E-state index is 10.5. The molecule has 4 heteroatoms. The summed E-state index contributed by atoms with van der Waals surface area (Å²) in [5.41, 5.74) is 0. The second kappa shape index (κ2) is 8.95. The number of carbonyl (C=O) groups is 2. The van der Waals surface area contributed by atoms with Crippen molar-refractivity contribution in [2.45, 2.75) is 45.4 Å². The van der Waals surface area contributed by atoms with Gasteiger partial charge in [-0.05, 0) is 19.3 Å². The van der Waals surface area contributed by atoms with Crippen molar-refractivity contribution in [1.82, 2.24) is 0 Å². The van der Waals surface area contributed by atoms with Gasteiger partial charge in [0.25, 0.3) is 0 Å². The molecule has 0 saturated carbocycles. The van der Waals surface area contributed by atoms with Crippen LogP contribution in [0, 0.1) is 5.92 Å². The van der Waals surface area contributed by atoms with E-state index in [1.54, 1.807) is 6.08 Å². The van der Waals surface area contributed by atoms with Crippen molar-refractivity contribution in [1.29, 1.82) is 0 Å². The zero-order valence-electron chi connectivity index (χ0n) is 9.69. The van der Waals surface area contributed by atoms with E-state index in [9.17, 15) is 9.59 Å². The van der Waals surface area contributed by atoms with Crippen LogP contribution < -0.4 is 0 Å². The van der Waals surface area contributed by atoms with Crippen molar-refractivity contribution < 1.29 is 19.8 Å². The van der Waals surface area contributed by atoms with Crippen molar-refractivity contribution in [3.8, 4) is 0 Å². The van der Waals surface area contributed by atoms with E-state index in [0.29, 0.717) is 0 Å². The highest BCUT2D eigenvalue weighted by Crippen LogP contribution is 2.07. The quantitative estimate of drug-likeness (QED) is 0.361. The number of hydrogen-bond acceptors (Lipinski definition) is 2. The van der Waals surface area contributed by atoms with Crippen molar-refractivity contribution in [2.24, 2.45) is 5.92 Å². The van der Waals surface area contributed by atoms with Gasteiger partial charge in [0.15, 0.2) is 5.92 Å². The summed E-state index contributed by atoms with van der Waals surface area (Å²) in [6, 6.07) is 0. The normalized spacial score (nSPS) is 11.1. The fourth-order valence-electron chi connectivity index (χ4n) is 1.35. The van der Waals surface area contributed by atoms with Crippen molar-refractivity contribution in [2.75, 3.05) is 0 Å². The summed E-state index contributed by atoms with van der Waals surface area (Å²) >= 11 is 0. The Morgan fingerprint density at radius 2 is 1.69 bits per heavy atom. The zero-order valence-corrected chi connectivity index (χ0v) is 9.69. The lowest BCUT2D eigenvalue weighted by atomic mass is 10.1. The van der Waals surface area contributed by atoms with Gasteiger partial charge in [-0.2, -0.15) is 0 Å². The smallest absolute Gasteiger partial charge is 0.318 e. The van der Waals surface area contributed by atoms with Gasteiger partial charge in [-0.1, -0.05) is 38.3 Å². The average molecular weight is 228 g/mol. The van der Waals surface area contributed by atoms with Crippen LogP contribution in [0.1, 0.15) is 45.4 Å². The maximum Gasteiger partial charge on any atom is 0.318 e. The maximum absolute atomic E-state index is 10.5. The second-order valence-electron chi connectivity index (χ2n) is 3.79. The minimum atomic E-state index is -1.31. The summed E-state index contributed by atoms with van der Waals surface area (Å²) in [4.78, 5) is 21.1. The summed E-state index contributed by atoms with van der Waals surface area (Å²) in [5.74, 6) is -3.86. The van der Waals surface area contributed by atoms with Crippen LogP contribution in [0.15, 0.2) is 12.2 Å². The van der Waals surface area contributed by atoms with E-state index in [2.05, 4.69) is 6.92 Å². The molecule has 0 aliphatic heterocycles. The van der Waals surface area contributed by atoms with E-state index in [1.165, 1.54) is 19.3 Å². The van der Waals surface area contributed by atoms with Crippen LogP contribution in [0.4, 0.5) is 0 Å². The average Bonchev–Trinajstić information content (AvgIpc) is 2.21. The Labute approximate surface area is 96.0 Å². The molecule has 0 amide bonds. The number of allylic oxidation sites excluding steroid dienone is 2. The molecule has 0 aromatic heterocycles. The predicted molar refractivity (Wildman–Crippen MR) is 61.3 cm³/mol. The number of carboxylic acid groups (broad SMARTS) is 2. The largest absolute Gasteiger partial charge is 0.481 e. The van der Waals surface area contributed by atoms with Crippen LogP contribution >= 0.6 is 0 Å². The molecule has 0 radical (unpaired) electrons. The van der Waals surface area contributed by atoms with Gasteiger partial charge in [0.1, 0.15) is 0 Å². The van der Waals surface area contributed by atoms with E-state index < -0.39 is 17.9 Å². The Morgan fingerprint density at radius 3 is 2.19 bits per heavy atom. The molecule has 0 aromatic rings. The lowest BCUT2D eigenvalue weighted by Gasteiger charge is -2.02. The van der Waals surface area contributed by atoms with Crippen molar-refractivity contribution in [3.05, 3.63) is 12.2 Å². The van der Waals surface area contributed by atoms with Crippen LogP contribution in [-0.2, 0) is 9.59 Å². The summed E-state index contributed by atoms with van der Waals surface area (Å²) in [6.45, 7) is 2.14. The molecule has 0 aliphatic rings. The van der Waals surface area contributed by atoms with E-state index in [0.717, 1.165) is 12.8 Å². The first-order chi connectivity index (χ1) is 7.59. The monoisotopic (exact) mass is 228 g/mol. The molecule has 0 heterocycles. The fourth-order valence-corrected chi connectivity index (χ4v) is 1.35. The molecule has 0 aromatic carbocycles. The van der Waals surface area contributed by atoms with E-state index >= 15 is 0 Å². The Kier molecular flexibility index (Phi) is 8.21. The third-order valence-corrected chi connectivity index (χ3v) is 2.36. The predicted octanol–water partition coefficient (Wildman–Crippen LogP) is 2.69. The van der Waals surface area contributed by atoms with Crippen molar-refractivity contribution in [3.63, 3.8) is 0 Å². The third kappa shape index (κ3) is 7.04. The van der Waals surface area contributed by atoms with Crippen molar-refractivity contribution >= 4 is 11.9 Å². The number of aliphatic carboxylic acids is 2. The molecule has 0 unspecified atom stereocenters. The van der Waals surface area contributed by atoms with Gasteiger partial charge in [0, 0.05) is 0 Å². The van der Waals surface area contributed by atoms with Gasteiger partial charge >= 0.3 is 11.9 Å². The van der Waals surface area contributed by atoms with Gasteiger partial charge < -0.3 is 10.2 Å². The molecule has 0 fully saturated rings. The summed E-state index contributed by atoms with van der Waals surface area (Å²) in [6.07, 6.45) is 9.12. The van der Waals surface area contributed by atoms with Gasteiger partial charge in [0.2, 0.25) is 0 Å². The first-order valence-corrected chi connectivity index (χ1v) is 5.70. The molecule has 4 nitrogen and oxygen atoms in total. The molecule has 0 saturated heterocycles. The summed E-state index contributed by atoms with van der Waals surface area (Å²) < 4.78 is 0. The highest BCUT2D eigenvalue weighted by Gasteiger charge is 2.23. The third-order valence-electron chi connectivity index (χ3n) is 2.36. The van der Waals surface area contributed by atoms with Gasteiger partial charge in [-0.3, -0.25) is 9.59 Å². The molecular formula is C12H20O4. The lowest BCUT2D eigenvalue weighted by molar-refractivity contribution is -0.154. The van der Waals surface area contributed by atoms with Crippen LogP contribution in [0.25, 0.3) is 0 Å². The molecule has 2 N–H and O–H groups in total. The van der Waals surface area contributed by atoms with Crippen LogP contribution in [0.2, 0.25) is 0 Å². The Balaban J connectivity index is 3.71. The molecule has 16 heavy (non-hydrogen) atoms. The minimum absolute atomic E-state index is 0.0679. The van der Waals surface area contributed by atoms with Crippen LogP contribution in [-0.4, -0.2) is 22.2 Å². The van der Waals surface area contributed by atoms with Gasteiger partial charge in [-0.15, -0.1) is 0 Å². The number of hydrogen-bond donors (Lipinski definition) is 2. The highest BCUT2D eigenvalue weighted by molar-refractivity contribution is 5.92. The van der Waals surface area contributed by atoms with E-state index in [1.807, 2.05) is 6.08 Å². The molecule has 92 valence electrons. The number of rotatable bonds is 9. The molecule has 0 aliphatic carbocycles. The summed E-state index contributed by atoms with van der Waals surface area (Å²) in [5, 5.41) is 17.2. The van der Waals surface area contributed by atoms with Crippen LogP contribution in [0.3, 0.4) is 0 Å². The molecule has 0 bridgehead atoms. The molecule has 0 rings (SSSR count). The van der Waals surface area contributed by atoms with Gasteiger partial charge in [0.05, 0.1) is 0 Å². The van der Waals surface area contributed by atoms with Crippen LogP contribution in [0.5, 0.6) is 0 Å².